The molecular weight excluding hydrogens is 338 g/mol. The number of fused-ring (bicyclic) bond motifs is 2. The van der Waals surface area contributed by atoms with Crippen molar-refractivity contribution in [3.63, 3.8) is 0 Å². The summed E-state index contributed by atoms with van der Waals surface area (Å²) in [6.07, 6.45) is 2.40. The Hall–Kier alpha value is -1.81. The minimum Gasteiger partial charge on any atom is -0.550 e. The van der Waals surface area contributed by atoms with E-state index < -0.39 is 17.8 Å². The number of halogens is 1. The summed E-state index contributed by atoms with van der Waals surface area (Å²) in [5, 5.41) is 15.3. The number of carbonyl (C=O) groups excluding carboxylic acids is 2. The molecule has 0 saturated heterocycles. The molecule has 1 aromatic carbocycles. The second-order valence-corrected chi connectivity index (χ2v) is 7.72. The van der Waals surface area contributed by atoms with Crippen molar-refractivity contribution in [3.8, 4) is 0 Å². The Morgan fingerprint density at radius 1 is 1.20 bits per heavy atom. The summed E-state index contributed by atoms with van der Waals surface area (Å²) in [6, 6.07) is 7.52. The fourth-order valence-corrected chi connectivity index (χ4v) is 4.94. The lowest BCUT2D eigenvalue weighted by Gasteiger charge is -2.30. The largest absolute Gasteiger partial charge is 0.550 e. The molecule has 5 heteroatoms. The summed E-state index contributed by atoms with van der Waals surface area (Å²) < 4.78 is 0. The standard InChI is InChI=1S/C20H24ClNO3/c1-11(2)16-14-6-7-15(16)18(20(24)25)17(14)19(23)22-9-8-12-4-3-5-13(21)10-12/h3-5,10,14-15,17-18H,6-9H2,1-2H3,(H,22,23)(H,24,25)/p-1/t14-,15-,17+,18-/m0/s1. The van der Waals surface area contributed by atoms with Gasteiger partial charge < -0.3 is 15.2 Å². The highest BCUT2D eigenvalue weighted by Crippen LogP contribution is 2.56. The maximum Gasteiger partial charge on any atom is 0.224 e. The molecule has 0 heterocycles. The molecule has 2 aliphatic carbocycles. The second kappa shape index (κ2) is 7.20. The smallest absolute Gasteiger partial charge is 0.224 e. The zero-order chi connectivity index (χ0) is 18.1. The van der Waals surface area contributed by atoms with Crippen molar-refractivity contribution in [1.82, 2.24) is 5.32 Å². The number of nitrogens with one attached hydrogen (secondary N) is 1. The van der Waals surface area contributed by atoms with Gasteiger partial charge in [0.1, 0.15) is 0 Å². The summed E-state index contributed by atoms with van der Waals surface area (Å²) in [6.45, 7) is 4.48. The summed E-state index contributed by atoms with van der Waals surface area (Å²) in [5.74, 6) is -2.46. The number of hydrogen-bond acceptors (Lipinski definition) is 3. The van der Waals surface area contributed by atoms with E-state index in [-0.39, 0.29) is 17.7 Å². The van der Waals surface area contributed by atoms with Crippen LogP contribution in [0.5, 0.6) is 0 Å². The van der Waals surface area contributed by atoms with Gasteiger partial charge in [-0.25, -0.2) is 0 Å². The molecule has 0 aliphatic heterocycles. The first-order chi connectivity index (χ1) is 11.9. The van der Waals surface area contributed by atoms with E-state index in [1.54, 1.807) is 0 Å². The molecule has 0 radical (unpaired) electrons. The van der Waals surface area contributed by atoms with Crippen LogP contribution in [-0.4, -0.2) is 18.4 Å². The highest BCUT2D eigenvalue weighted by Gasteiger charge is 2.54. The molecule has 4 nitrogen and oxygen atoms in total. The van der Waals surface area contributed by atoms with Gasteiger partial charge >= 0.3 is 0 Å². The lowest BCUT2D eigenvalue weighted by Crippen LogP contribution is -2.46. The monoisotopic (exact) mass is 360 g/mol. The summed E-state index contributed by atoms with van der Waals surface area (Å²) in [7, 11) is 0. The van der Waals surface area contributed by atoms with Gasteiger partial charge in [0, 0.05) is 23.5 Å². The molecule has 0 spiro atoms. The number of aliphatic carboxylic acids is 1. The van der Waals surface area contributed by atoms with Crippen molar-refractivity contribution in [2.75, 3.05) is 6.54 Å². The van der Waals surface area contributed by atoms with E-state index in [9.17, 15) is 14.7 Å². The normalized spacial score (nSPS) is 27.4. The molecule has 0 unspecified atom stereocenters. The minimum absolute atomic E-state index is 0.0383. The molecule has 1 aromatic rings. The van der Waals surface area contributed by atoms with Crippen LogP contribution in [0.15, 0.2) is 35.4 Å². The second-order valence-electron chi connectivity index (χ2n) is 7.29. The van der Waals surface area contributed by atoms with E-state index in [0.29, 0.717) is 18.0 Å². The highest BCUT2D eigenvalue weighted by molar-refractivity contribution is 6.30. The van der Waals surface area contributed by atoms with Crippen LogP contribution in [0.4, 0.5) is 0 Å². The Balaban J connectivity index is 1.68. The van der Waals surface area contributed by atoms with Gasteiger partial charge in [-0.3, -0.25) is 4.79 Å². The first-order valence-corrected chi connectivity index (χ1v) is 9.18. The van der Waals surface area contributed by atoms with Crippen LogP contribution in [0.3, 0.4) is 0 Å². The predicted octanol–water partition coefficient (Wildman–Crippen LogP) is 2.36. The van der Waals surface area contributed by atoms with Crippen LogP contribution in [-0.2, 0) is 16.0 Å². The van der Waals surface area contributed by atoms with E-state index in [0.717, 1.165) is 24.0 Å². The third kappa shape index (κ3) is 3.45. The van der Waals surface area contributed by atoms with E-state index in [1.165, 1.54) is 5.57 Å². The van der Waals surface area contributed by atoms with Gasteiger partial charge in [0.05, 0.1) is 5.92 Å². The zero-order valence-electron chi connectivity index (χ0n) is 14.5. The highest BCUT2D eigenvalue weighted by atomic mass is 35.5. The number of allylic oxidation sites excluding steroid dienone is 2. The Morgan fingerprint density at radius 2 is 1.88 bits per heavy atom. The predicted molar refractivity (Wildman–Crippen MR) is 94.7 cm³/mol. The van der Waals surface area contributed by atoms with Crippen molar-refractivity contribution in [2.24, 2.45) is 23.7 Å². The van der Waals surface area contributed by atoms with Crippen LogP contribution in [0.25, 0.3) is 0 Å². The average Bonchev–Trinajstić information content (AvgIpc) is 3.10. The number of amides is 1. The summed E-state index contributed by atoms with van der Waals surface area (Å²) in [5.41, 5.74) is 3.36. The molecule has 3 rings (SSSR count). The van der Waals surface area contributed by atoms with Crippen molar-refractivity contribution in [1.29, 1.82) is 0 Å². The van der Waals surface area contributed by atoms with Gasteiger partial charge in [-0.2, -0.15) is 0 Å². The lowest BCUT2D eigenvalue weighted by molar-refractivity contribution is -0.314. The van der Waals surface area contributed by atoms with Gasteiger partial charge in [-0.15, -0.1) is 0 Å². The molecule has 134 valence electrons. The summed E-state index contributed by atoms with van der Waals surface area (Å²) in [4.78, 5) is 24.4. The van der Waals surface area contributed by atoms with Crippen LogP contribution >= 0.6 is 11.6 Å². The topological polar surface area (TPSA) is 69.2 Å². The fourth-order valence-electron chi connectivity index (χ4n) is 4.73. The maximum absolute atomic E-state index is 12.7. The van der Waals surface area contributed by atoms with Crippen molar-refractivity contribution in [2.45, 2.75) is 33.1 Å². The molecule has 4 atom stereocenters. The van der Waals surface area contributed by atoms with Gasteiger partial charge in [-0.05, 0) is 62.6 Å². The Labute approximate surface area is 153 Å². The number of carboxylic acid groups (broad SMARTS) is 1. The first kappa shape index (κ1) is 18.0. The van der Waals surface area contributed by atoms with Crippen LogP contribution in [0.1, 0.15) is 32.3 Å². The van der Waals surface area contributed by atoms with E-state index in [1.807, 2.05) is 38.1 Å². The SMILES string of the molecule is CC(C)=C1[C@@H]2CC[C@@H]1[C@@H](C(=O)NCCc1cccc(Cl)c1)[C@H]2C(=O)[O-]. The lowest BCUT2D eigenvalue weighted by atomic mass is 9.78. The molecule has 1 amide bonds. The van der Waals surface area contributed by atoms with Crippen molar-refractivity contribution >= 4 is 23.5 Å². The first-order valence-electron chi connectivity index (χ1n) is 8.80. The number of benzene rings is 1. The molecule has 2 bridgehead atoms. The molecule has 2 aliphatic rings. The Morgan fingerprint density at radius 3 is 2.48 bits per heavy atom. The minimum atomic E-state index is -1.10. The van der Waals surface area contributed by atoms with Gasteiger partial charge in [-0.1, -0.05) is 34.9 Å². The quantitative estimate of drug-likeness (QED) is 0.819. The van der Waals surface area contributed by atoms with Crippen LogP contribution in [0.2, 0.25) is 5.02 Å². The number of hydrogen-bond donors (Lipinski definition) is 1. The van der Waals surface area contributed by atoms with Gasteiger partial charge in [0.2, 0.25) is 5.91 Å². The zero-order valence-corrected chi connectivity index (χ0v) is 15.3. The third-order valence-electron chi connectivity index (χ3n) is 5.60. The van der Waals surface area contributed by atoms with Crippen LogP contribution < -0.4 is 10.4 Å². The number of carboxylic acids is 1. The molecular formula is C20H23ClNO3-. The van der Waals surface area contributed by atoms with Crippen molar-refractivity contribution in [3.05, 3.63) is 46.0 Å². The Bertz CT molecular complexity index is 723. The molecule has 1 N–H and O–H groups in total. The third-order valence-corrected chi connectivity index (χ3v) is 5.83. The van der Waals surface area contributed by atoms with Gasteiger partial charge in [0.25, 0.3) is 0 Å². The molecule has 2 fully saturated rings. The number of rotatable bonds is 5. The van der Waals surface area contributed by atoms with Crippen LogP contribution in [0, 0.1) is 23.7 Å². The fraction of sp³-hybridized carbons (Fsp3) is 0.500. The molecule has 25 heavy (non-hydrogen) atoms. The van der Waals surface area contributed by atoms with Gasteiger partial charge in [0.15, 0.2) is 0 Å². The average molecular weight is 361 g/mol. The summed E-state index contributed by atoms with van der Waals surface area (Å²) >= 11 is 5.97. The molecule has 2 saturated carbocycles. The number of carbonyl (C=O) groups is 2. The maximum atomic E-state index is 12.7. The van der Waals surface area contributed by atoms with E-state index >= 15 is 0 Å². The Kier molecular flexibility index (Phi) is 5.19. The van der Waals surface area contributed by atoms with Crippen molar-refractivity contribution < 1.29 is 14.7 Å². The molecule has 0 aromatic heterocycles. The van der Waals surface area contributed by atoms with E-state index in [4.69, 9.17) is 11.6 Å². The van der Waals surface area contributed by atoms with E-state index in [2.05, 4.69) is 5.32 Å².